The number of anilines is 1. The number of nitrogens with zero attached hydrogens (tertiary/aromatic N) is 3. The number of hydrogen-bond acceptors (Lipinski definition) is 4. The third kappa shape index (κ3) is 5.37. The van der Waals surface area contributed by atoms with E-state index >= 15 is 0 Å². The van der Waals surface area contributed by atoms with E-state index in [2.05, 4.69) is 56.7 Å². The van der Waals surface area contributed by atoms with Gasteiger partial charge in [-0.3, -0.25) is 4.99 Å². The van der Waals surface area contributed by atoms with Crippen LogP contribution in [0.2, 0.25) is 0 Å². The Morgan fingerprint density at radius 2 is 2.07 bits per heavy atom. The van der Waals surface area contributed by atoms with Crippen molar-refractivity contribution in [3.8, 4) is 0 Å². The summed E-state index contributed by atoms with van der Waals surface area (Å²) in [5, 5.41) is 7.85. The van der Waals surface area contributed by atoms with Crippen molar-refractivity contribution in [2.24, 2.45) is 4.99 Å². The molecule has 1 aromatic heterocycles. The molecule has 9 heteroatoms. The van der Waals surface area contributed by atoms with Gasteiger partial charge in [-0.1, -0.05) is 17.7 Å². The minimum Gasteiger partial charge on any atom is -0.369 e. The third-order valence-corrected chi connectivity index (χ3v) is 5.48. The lowest BCUT2D eigenvalue weighted by Crippen LogP contribution is -2.51. The Morgan fingerprint density at radius 1 is 1.32 bits per heavy atom. The van der Waals surface area contributed by atoms with E-state index in [1.54, 1.807) is 7.05 Å². The summed E-state index contributed by atoms with van der Waals surface area (Å²) in [7, 11) is 1.65. The molecule has 1 atom stereocenters. The van der Waals surface area contributed by atoms with Crippen LogP contribution in [0.1, 0.15) is 29.1 Å². The van der Waals surface area contributed by atoms with Gasteiger partial charge in [-0.2, -0.15) is 13.2 Å². The van der Waals surface area contributed by atoms with Crippen molar-refractivity contribution in [2.45, 2.75) is 38.5 Å². The first-order valence-corrected chi connectivity index (χ1v) is 10.0. The number of halogens is 3. The lowest BCUT2D eigenvalue weighted by molar-refractivity contribution is -0.140. The van der Waals surface area contributed by atoms with Crippen LogP contribution in [0.4, 0.5) is 18.9 Å². The van der Waals surface area contributed by atoms with Crippen LogP contribution < -0.4 is 15.5 Å². The fraction of sp³-hybridized carbons (Fsp3) is 0.474. The highest BCUT2D eigenvalue weighted by Crippen LogP contribution is 2.29. The number of rotatable bonds is 4. The van der Waals surface area contributed by atoms with Gasteiger partial charge in [0.1, 0.15) is 5.01 Å². The zero-order valence-corrected chi connectivity index (χ0v) is 16.7. The number of guanidine groups is 1. The summed E-state index contributed by atoms with van der Waals surface area (Å²) >= 11 is 0.989. The van der Waals surface area contributed by atoms with E-state index in [1.165, 1.54) is 11.3 Å². The summed E-state index contributed by atoms with van der Waals surface area (Å²) in [6, 6.07) is 8.69. The largest absolute Gasteiger partial charge is 0.434 e. The third-order valence-electron chi connectivity index (χ3n) is 4.63. The molecule has 0 amide bonds. The molecule has 0 radical (unpaired) electrons. The molecule has 152 valence electrons. The van der Waals surface area contributed by atoms with Gasteiger partial charge >= 0.3 is 6.18 Å². The van der Waals surface area contributed by atoms with Crippen LogP contribution >= 0.6 is 11.3 Å². The van der Waals surface area contributed by atoms with E-state index in [9.17, 15) is 13.2 Å². The lowest BCUT2D eigenvalue weighted by Gasteiger charge is -2.35. The van der Waals surface area contributed by atoms with Gasteiger partial charge in [-0.25, -0.2) is 4.98 Å². The fourth-order valence-electron chi connectivity index (χ4n) is 3.15. The number of hydrogen-bond donors (Lipinski definition) is 2. The first-order valence-electron chi connectivity index (χ1n) is 9.15. The quantitative estimate of drug-likeness (QED) is 0.594. The van der Waals surface area contributed by atoms with Gasteiger partial charge in [0, 0.05) is 37.2 Å². The Hall–Kier alpha value is -2.29. The highest BCUT2D eigenvalue weighted by molar-refractivity contribution is 7.09. The smallest absolute Gasteiger partial charge is 0.369 e. The minimum atomic E-state index is -4.41. The average Bonchev–Trinajstić information content (AvgIpc) is 3.15. The molecule has 2 aromatic rings. The highest BCUT2D eigenvalue weighted by Gasteiger charge is 2.33. The van der Waals surface area contributed by atoms with E-state index in [0.717, 1.165) is 42.6 Å². The predicted octanol–water partition coefficient (Wildman–Crippen LogP) is 3.80. The van der Waals surface area contributed by atoms with Crippen LogP contribution in [0.25, 0.3) is 0 Å². The van der Waals surface area contributed by atoms with E-state index in [-0.39, 0.29) is 12.6 Å². The van der Waals surface area contributed by atoms with Crippen molar-refractivity contribution in [3.05, 3.63) is 45.9 Å². The van der Waals surface area contributed by atoms with Crippen LogP contribution in [-0.4, -0.2) is 37.1 Å². The molecule has 0 saturated carbocycles. The van der Waals surface area contributed by atoms with Crippen molar-refractivity contribution in [1.29, 1.82) is 0 Å². The van der Waals surface area contributed by atoms with Gasteiger partial charge in [0.05, 0.1) is 6.54 Å². The summed E-state index contributed by atoms with van der Waals surface area (Å²) in [5.41, 5.74) is 1.58. The van der Waals surface area contributed by atoms with Gasteiger partial charge in [0.15, 0.2) is 11.7 Å². The normalized spacial score (nSPS) is 18.2. The topological polar surface area (TPSA) is 52.6 Å². The molecule has 28 heavy (non-hydrogen) atoms. The van der Waals surface area contributed by atoms with Crippen molar-refractivity contribution < 1.29 is 13.2 Å². The fourth-order valence-corrected chi connectivity index (χ4v) is 3.90. The van der Waals surface area contributed by atoms with Crippen molar-refractivity contribution in [2.75, 3.05) is 25.0 Å². The average molecular weight is 411 g/mol. The Bertz CT molecular complexity index is 801. The van der Waals surface area contributed by atoms with E-state index in [4.69, 9.17) is 0 Å². The summed E-state index contributed by atoms with van der Waals surface area (Å²) in [5.74, 6) is 0.569. The minimum absolute atomic E-state index is 0.203. The number of thiazole rings is 1. The first-order chi connectivity index (χ1) is 13.3. The van der Waals surface area contributed by atoms with E-state index in [1.807, 2.05) is 0 Å². The molecule has 2 heterocycles. The van der Waals surface area contributed by atoms with E-state index < -0.39 is 11.9 Å². The molecule has 1 aromatic carbocycles. The number of benzene rings is 1. The maximum absolute atomic E-state index is 12.7. The molecule has 3 rings (SSSR count). The Balaban J connectivity index is 1.54. The summed E-state index contributed by atoms with van der Waals surface area (Å²) in [6.07, 6.45) is -2.33. The van der Waals surface area contributed by atoms with Crippen molar-refractivity contribution in [1.82, 2.24) is 15.6 Å². The van der Waals surface area contributed by atoms with Gasteiger partial charge in [0.25, 0.3) is 0 Å². The van der Waals surface area contributed by atoms with Crippen molar-refractivity contribution >= 4 is 23.0 Å². The molecule has 2 N–H and O–H groups in total. The molecule has 0 aliphatic carbocycles. The summed E-state index contributed by atoms with van der Waals surface area (Å²) in [6.45, 7) is 4.13. The Labute approximate surface area is 166 Å². The standard InChI is InChI=1S/C19H24F3N5S/c1-13-5-7-15(8-6-13)27-9-3-4-14(11-27)25-18(23-2)24-10-17-26-16(12-28-17)19(20,21)22/h5-8,12,14H,3-4,9-11H2,1-2H3,(H2,23,24,25). The maximum atomic E-state index is 12.7. The molecule has 0 spiro atoms. The molecule has 1 unspecified atom stereocenters. The zero-order chi connectivity index (χ0) is 20.1. The molecule has 5 nitrogen and oxygen atoms in total. The van der Waals surface area contributed by atoms with Crippen LogP contribution in [0.3, 0.4) is 0 Å². The van der Waals surface area contributed by atoms with Gasteiger partial charge < -0.3 is 15.5 Å². The lowest BCUT2D eigenvalue weighted by atomic mass is 10.0. The number of aliphatic imine (C=N–C) groups is 1. The van der Waals surface area contributed by atoms with Crippen LogP contribution in [0.15, 0.2) is 34.6 Å². The predicted molar refractivity (Wildman–Crippen MR) is 107 cm³/mol. The van der Waals surface area contributed by atoms with Gasteiger partial charge in [0.2, 0.25) is 0 Å². The summed E-state index contributed by atoms with van der Waals surface area (Å²) in [4.78, 5) is 10.2. The molecule has 0 bridgehead atoms. The number of piperidine rings is 1. The monoisotopic (exact) mass is 411 g/mol. The number of nitrogens with one attached hydrogen (secondary N) is 2. The van der Waals surface area contributed by atoms with Crippen LogP contribution in [-0.2, 0) is 12.7 Å². The Morgan fingerprint density at radius 3 is 2.71 bits per heavy atom. The maximum Gasteiger partial charge on any atom is 0.434 e. The zero-order valence-electron chi connectivity index (χ0n) is 15.9. The molecule has 1 aliphatic heterocycles. The van der Waals surface area contributed by atoms with Gasteiger partial charge in [-0.05, 0) is 31.9 Å². The highest BCUT2D eigenvalue weighted by atomic mass is 32.1. The SMILES string of the molecule is CN=C(NCc1nc(C(F)(F)F)cs1)NC1CCCN(c2ccc(C)cc2)C1. The molecule has 1 saturated heterocycles. The number of alkyl halides is 3. The molecular formula is C19H24F3N5S. The first kappa shape index (κ1) is 20.4. The van der Waals surface area contributed by atoms with Gasteiger partial charge in [-0.15, -0.1) is 11.3 Å². The molecular weight excluding hydrogens is 387 g/mol. The molecule has 1 fully saturated rings. The summed E-state index contributed by atoms with van der Waals surface area (Å²) < 4.78 is 38.0. The number of aromatic nitrogens is 1. The van der Waals surface area contributed by atoms with Crippen LogP contribution in [0.5, 0.6) is 0 Å². The molecule has 1 aliphatic rings. The second kappa shape index (κ2) is 8.81. The second-order valence-electron chi connectivity index (χ2n) is 6.82. The van der Waals surface area contributed by atoms with E-state index in [0.29, 0.717) is 11.0 Å². The number of aryl methyl sites for hydroxylation is 1. The van der Waals surface area contributed by atoms with Crippen LogP contribution in [0, 0.1) is 6.92 Å². The second-order valence-corrected chi connectivity index (χ2v) is 7.76. The Kier molecular flexibility index (Phi) is 6.43. The van der Waals surface area contributed by atoms with Crippen molar-refractivity contribution in [3.63, 3.8) is 0 Å².